The summed E-state index contributed by atoms with van der Waals surface area (Å²) in [5.41, 5.74) is 4.06. The van der Waals surface area contributed by atoms with Crippen molar-refractivity contribution < 1.29 is 13.9 Å². The van der Waals surface area contributed by atoms with Gasteiger partial charge in [-0.25, -0.2) is 9.97 Å². The van der Waals surface area contributed by atoms with Gasteiger partial charge in [0.05, 0.1) is 24.1 Å². The Morgan fingerprint density at radius 3 is 2.92 bits per heavy atom. The lowest BCUT2D eigenvalue weighted by Crippen LogP contribution is -2.33. The number of fused-ring (bicyclic) bond motifs is 1. The van der Waals surface area contributed by atoms with E-state index < -0.39 is 0 Å². The zero-order valence-electron chi connectivity index (χ0n) is 13.8. The summed E-state index contributed by atoms with van der Waals surface area (Å²) in [7, 11) is 0. The Bertz CT molecular complexity index is 750. The summed E-state index contributed by atoms with van der Waals surface area (Å²) in [5.74, 6) is 1.07. The molecule has 6 heteroatoms. The molecule has 2 aromatic rings. The molecule has 126 valence electrons. The molecule has 0 N–H and O–H groups in total. The predicted molar refractivity (Wildman–Crippen MR) is 87.0 cm³/mol. The molecule has 6 nitrogen and oxygen atoms in total. The monoisotopic (exact) mass is 327 g/mol. The van der Waals surface area contributed by atoms with E-state index in [0.717, 1.165) is 43.9 Å². The molecular formula is C18H21N3O3. The summed E-state index contributed by atoms with van der Waals surface area (Å²) in [6.45, 7) is 4.72. The van der Waals surface area contributed by atoms with Gasteiger partial charge < -0.3 is 14.1 Å². The van der Waals surface area contributed by atoms with E-state index in [9.17, 15) is 4.79 Å². The fraction of sp³-hybridized carbons (Fsp3) is 0.500. The van der Waals surface area contributed by atoms with Gasteiger partial charge in [0.25, 0.3) is 5.91 Å². The summed E-state index contributed by atoms with van der Waals surface area (Å²) < 4.78 is 10.8. The van der Waals surface area contributed by atoms with Crippen LogP contribution in [0.2, 0.25) is 0 Å². The minimum atomic E-state index is 0.0350. The standard InChI is InChI=1S/C18H21N3O3/c1-12-14(5-9-24-12)18(22)21-6-2-15-16(3-7-21)19-11-20-17(15)13-4-8-23-10-13/h5,9,11,13H,2-4,6-8,10H2,1H3/t13-/m0/s1. The van der Waals surface area contributed by atoms with Crippen LogP contribution in [0.15, 0.2) is 23.1 Å². The van der Waals surface area contributed by atoms with Gasteiger partial charge in [0, 0.05) is 37.7 Å². The van der Waals surface area contributed by atoms with Crippen molar-refractivity contribution in [2.24, 2.45) is 0 Å². The quantitative estimate of drug-likeness (QED) is 0.845. The van der Waals surface area contributed by atoms with Gasteiger partial charge in [-0.1, -0.05) is 0 Å². The number of hydrogen-bond donors (Lipinski definition) is 0. The van der Waals surface area contributed by atoms with Crippen molar-refractivity contribution in [1.29, 1.82) is 0 Å². The van der Waals surface area contributed by atoms with Crippen LogP contribution in [0.4, 0.5) is 0 Å². The van der Waals surface area contributed by atoms with Crippen molar-refractivity contribution in [3.05, 3.63) is 46.9 Å². The Morgan fingerprint density at radius 1 is 1.29 bits per heavy atom. The first-order valence-electron chi connectivity index (χ1n) is 8.48. The molecule has 2 aliphatic heterocycles. The van der Waals surface area contributed by atoms with Gasteiger partial charge >= 0.3 is 0 Å². The van der Waals surface area contributed by atoms with Crippen molar-refractivity contribution >= 4 is 5.91 Å². The molecule has 2 aromatic heterocycles. The highest BCUT2D eigenvalue weighted by Gasteiger charge is 2.28. The Morgan fingerprint density at radius 2 is 2.17 bits per heavy atom. The van der Waals surface area contributed by atoms with Crippen LogP contribution in [0, 0.1) is 6.92 Å². The number of nitrogens with zero attached hydrogens (tertiary/aromatic N) is 3. The second-order valence-corrected chi connectivity index (χ2v) is 6.43. The van der Waals surface area contributed by atoms with Crippen molar-refractivity contribution in [3.63, 3.8) is 0 Å². The first-order valence-corrected chi connectivity index (χ1v) is 8.48. The van der Waals surface area contributed by atoms with Crippen LogP contribution < -0.4 is 0 Å². The zero-order valence-corrected chi connectivity index (χ0v) is 13.8. The number of ether oxygens (including phenoxy) is 1. The van der Waals surface area contributed by atoms with Gasteiger partial charge in [-0.15, -0.1) is 0 Å². The molecule has 0 aromatic carbocycles. The first-order chi connectivity index (χ1) is 11.7. The van der Waals surface area contributed by atoms with Crippen LogP contribution >= 0.6 is 0 Å². The zero-order chi connectivity index (χ0) is 16.5. The number of carbonyl (C=O) groups is 1. The van der Waals surface area contributed by atoms with Crippen molar-refractivity contribution in [2.75, 3.05) is 26.3 Å². The fourth-order valence-corrected chi connectivity index (χ4v) is 3.63. The first kappa shape index (κ1) is 15.3. The summed E-state index contributed by atoms with van der Waals surface area (Å²) in [6, 6.07) is 1.75. The van der Waals surface area contributed by atoms with Gasteiger partial charge in [0.15, 0.2) is 0 Å². The van der Waals surface area contributed by atoms with E-state index in [4.69, 9.17) is 9.15 Å². The van der Waals surface area contributed by atoms with Crippen LogP contribution in [0.3, 0.4) is 0 Å². The Balaban J connectivity index is 1.57. The van der Waals surface area contributed by atoms with Crippen LogP contribution in [0.5, 0.6) is 0 Å². The largest absolute Gasteiger partial charge is 0.469 e. The molecule has 0 spiro atoms. The Hall–Kier alpha value is -2.21. The molecule has 0 radical (unpaired) electrons. The predicted octanol–water partition coefficient (Wildman–Crippen LogP) is 2.12. The number of aryl methyl sites for hydroxylation is 1. The lowest BCUT2D eigenvalue weighted by molar-refractivity contribution is 0.0761. The maximum Gasteiger partial charge on any atom is 0.257 e. The van der Waals surface area contributed by atoms with Crippen molar-refractivity contribution in [3.8, 4) is 0 Å². The molecule has 2 aliphatic rings. The van der Waals surface area contributed by atoms with Crippen LogP contribution in [0.25, 0.3) is 0 Å². The second-order valence-electron chi connectivity index (χ2n) is 6.43. The van der Waals surface area contributed by atoms with Gasteiger partial charge in [0.2, 0.25) is 0 Å². The van der Waals surface area contributed by atoms with Crippen LogP contribution in [0.1, 0.15) is 45.4 Å². The smallest absolute Gasteiger partial charge is 0.257 e. The highest BCUT2D eigenvalue weighted by molar-refractivity contribution is 5.95. The third-order valence-corrected chi connectivity index (χ3v) is 5.01. The third kappa shape index (κ3) is 2.71. The summed E-state index contributed by atoms with van der Waals surface area (Å²) in [5, 5.41) is 0. The van der Waals surface area contributed by atoms with Crippen molar-refractivity contribution in [2.45, 2.75) is 32.1 Å². The van der Waals surface area contributed by atoms with Gasteiger partial charge in [0.1, 0.15) is 12.1 Å². The lowest BCUT2D eigenvalue weighted by Gasteiger charge is -2.19. The molecule has 0 bridgehead atoms. The normalized spacial score (nSPS) is 20.7. The molecule has 1 atom stereocenters. The summed E-state index contributed by atoms with van der Waals surface area (Å²) >= 11 is 0. The van der Waals surface area contributed by atoms with E-state index in [-0.39, 0.29) is 5.91 Å². The van der Waals surface area contributed by atoms with Crippen LogP contribution in [-0.2, 0) is 17.6 Å². The molecule has 0 unspecified atom stereocenters. The average molecular weight is 327 g/mol. The highest BCUT2D eigenvalue weighted by atomic mass is 16.5. The van der Waals surface area contributed by atoms with Gasteiger partial charge in [-0.2, -0.15) is 0 Å². The molecule has 0 saturated carbocycles. The average Bonchev–Trinajstić information content (AvgIpc) is 3.21. The summed E-state index contributed by atoms with van der Waals surface area (Å²) in [4.78, 5) is 23.7. The second kappa shape index (κ2) is 6.36. The maximum absolute atomic E-state index is 12.7. The SMILES string of the molecule is Cc1occc1C(=O)N1CCc2ncnc([C@H]3CCOC3)c2CC1. The molecule has 1 fully saturated rings. The third-order valence-electron chi connectivity index (χ3n) is 5.01. The molecule has 4 heterocycles. The van der Waals surface area contributed by atoms with E-state index in [1.807, 2.05) is 11.8 Å². The van der Waals surface area contributed by atoms with Gasteiger partial charge in [-0.3, -0.25) is 4.79 Å². The number of hydrogen-bond acceptors (Lipinski definition) is 5. The Labute approximate surface area is 140 Å². The molecule has 24 heavy (non-hydrogen) atoms. The number of carbonyl (C=O) groups excluding carboxylic acids is 1. The number of rotatable bonds is 2. The molecule has 0 aliphatic carbocycles. The fourth-order valence-electron chi connectivity index (χ4n) is 3.63. The molecule has 4 rings (SSSR count). The number of aromatic nitrogens is 2. The number of amides is 1. The molecular weight excluding hydrogens is 306 g/mol. The van der Waals surface area contributed by atoms with E-state index in [1.54, 1.807) is 18.7 Å². The van der Waals surface area contributed by atoms with E-state index in [1.165, 1.54) is 5.56 Å². The minimum absolute atomic E-state index is 0.0350. The van der Waals surface area contributed by atoms with E-state index >= 15 is 0 Å². The minimum Gasteiger partial charge on any atom is -0.469 e. The highest BCUT2D eigenvalue weighted by Crippen LogP contribution is 2.29. The maximum atomic E-state index is 12.7. The van der Waals surface area contributed by atoms with Crippen LogP contribution in [-0.4, -0.2) is 47.1 Å². The van der Waals surface area contributed by atoms with Crippen molar-refractivity contribution in [1.82, 2.24) is 14.9 Å². The number of furan rings is 1. The Kier molecular flexibility index (Phi) is 4.06. The summed E-state index contributed by atoms with van der Waals surface area (Å²) in [6.07, 6.45) is 5.80. The topological polar surface area (TPSA) is 68.5 Å². The van der Waals surface area contributed by atoms with E-state index in [2.05, 4.69) is 9.97 Å². The lowest BCUT2D eigenvalue weighted by atomic mass is 9.96. The van der Waals surface area contributed by atoms with Gasteiger partial charge in [-0.05, 0) is 31.4 Å². The molecule has 1 amide bonds. The van der Waals surface area contributed by atoms with E-state index in [0.29, 0.717) is 30.3 Å². The molecule has 1 saturated heterocycles.